The molecule has 8 nitrogen and oxygen atoms in total. The maximum absolute atomic E-state index is 12.4. The smallest absolute Gasteiger partial charge is 0.337 e. The highest BCUT2D eigenvalue weighted by molar-refractivity contribution is 6.02. The Bertz CT molecular complexity index is 1100. The lowest BCUT2D eigenvalue weighted by Crippen LogP contribution is -2.34. The average molecular weight is 396 g/mol. The summed E-state index contributed by atoms with van der Waals surface area (Å²) in [7, 11) is 0. The number of hydrogen-bond donors (Lipinski definition) is 0. The fraction of sp³-hybridized carbons (Fsp3) is 0.429. The topological polar surface area (TPSA) is 97.1 Å². The molecule has 29 heavy (non-hydrogen) atoms. The highest BCUT2D eigenvalue weighted by Gasteiger charge is 2.33. The number of nitrogens with zero attached hydrogens (tertiary/aromatic N) is 2. The van der Waals surface area contributed by atoms with Crippen LogP contribution in [0.2, 0.25) is 0 Å². The van der Waals surface area contributed by atoms with Gasteiger partial charge in [0, 0.05) is 48.6 Å². The van der Waals surface area contributed by atoms with E-state index >= 15 is 0 Å². The molecule has 0 aliphatic carbocycles. The van der Waals surface area contributed by atoms with Crippen LogP contribution in [0.1, 0.15) is 42.4 Å². The minimum Gasteiger partial charge on any atom is -0.422 e. The Morgan fingerprint density at radius 2 is 1.72 bits per heavy atom. The average Bonchev–Trinajstić information content (AvgIpc) is 3.01. The zero-order valence-corrected chi connectivity index (χ0v) is 15.9. The van der Waals surface area contributed by atoms with E-state index in [0.717, 1.165) is 49.7 Å². The summed E-state index contributed by atoms with van der Waals surface area (Å²) >= 11 is 0. The molecule has 0 saturated carbocycles. The summed E-state index contributed by atoms with van der Waals surface area (Å²) in [6, 6.07) is 3.29. The standard InChI is InChI=1S/C21H20N2O6/c24-16-5-6-17(25)23(16)29-19(27)11-13-10-18(26)28-21-14-4-2-8-22-7-1-3-12(20(14)22)9-15(13)21/h9-10H,1-8,11H2. The first kappa shape index (κ1) is 17.9. The van der Waals surface area contributed by atoms with Crippen LogP contribution in [0.3, 0.4) is 0 Å². The second-order valence-electron chi connectivity index (χ2n) is 7.75. The van der Waals surface area contributed by atoms with Gasteiger partial charge in [-0.1, -0.05) is 0 Å². The Hall–Kier alpha value is -3.16. The summed E-state index contributed by atoms with van der Waals surface area (Å²) < 4.78 is 5.57. The molecule has 0 spiro atoms. The summed E-state index contributed by atoms with van der Waals surface area (Å²) in [5, 5.41) is 1.25. The van der Waals surface area contributed by atoms with Crippen molar-refractivity contribution in [1.82, 2.24) is 5.06 Å². The van der Waals surface area contributed by atoms with Gasteiger partial charge < -0.3 is 14.2 Å². The first-order valence-electron chi connectivity index (χ1n) is 9.94. The molecule has 8 heteroatoms. The number of fused-ring (bicyclic) bond motifs is 2. The van der Waals surface area contributed by atoms with Gasteiger partial charge in [0.05, 0.1) is 6.42 Å². The third kappa shape index (κ3) is 2.99. The van der Waals surface area contributed by atoms with Crippen molar-refractivity contribution in [1.29, 1.82) is 0 Å². The Morgan fingerprint density at radius 3 is 2.48 bits per heavy atom. The first-order chi connectivity index (χ1) is 14.0. The van der Waals surface area contributed by atoms with E-state index in [0.29, 0.717) is 16.2 Å². The third-order valence-corrected chi connectivity index (χ3v) is 5.85. The van der Waals surface area contributed by atoms with E-state index in [2.05, 4.69) is 4.90 Å². The number of imide groups is 1. The van der Waals surface area contributed by atoms with Crippen molar-refractivity contribution in [3.63, 3.8) is 0 Å². The molecule has 3 aliphatic heterocycles. The van der Waals surface area contributed by atoms with Crippen molar-refractivity contribution < 1.29 is 23.6 Å². The van der Waals surface area contributed by atoms with E-state index in [9.17, 15) is 19.2 Å². The molecule has 0 unspecified atom stereocenters. The van der Waals surface area contributed by atoms with Crippen molar-refractivity contribution in [2.45, 2.75) is 44.9 Å². The predicted octanol–water partition coefficient (Wildman–Crippen LogP) is 1.64. The molecule has 0 N–H and O–H groups in total. The van der Waals surface area contributed by atoms with Gasteiger partial charge in [0.1, 0.15) is 5.58 Å². The van der Waals surface area contributed by atoms with Crippen molar-refractivity contribution in [2.75, 3.05) is 18.0 Å². The maximum atomic E-state index is 12.4. The second-order valence-corrected chi connectivity index (χ2v) is 7.75. The predicted molar refractivity (Wildman–Crippen MR) is 102 cm³/mol. The summed E-state index contributed by atoms with van der Waals surface area (Å²) in [6.07, 6.45) is 3.66. The van der Waals surface area contributed by atoms with E-state index in [4.69, 9.17) is 9.25 Å². The number of amides is 2. The summed E-state index contributed by atoms with van der Waals surface area (Å²) in [5.41, 5.74) is 3.89. The number of aryl methyl sites for hydroxylation is 2. The largest absolute Gasteiger partial charge is 0.422 e. The van der Waals surface area contributed by atoms with E-state index in [-0.39, 0.29) is 19.3 Å². The van der Waals surface area contributed by atoms with E-state index in [1.807, 2.05) is 6.07 Å². The van der Waals surface area contributed by atoms with Crippen LogP contribution in [-0.2, 0) is 38.5 Å². The summed E-state index contributed by atoms with van der Waals surface area (Å²) in [4.78, 5) is 55.3. The minimum atomic E-state index is -0.756. The van der Waals surface area contributed by atoms with Gasteiger partial charge in [0.25, 0.3) is 11.8 Å². The molecule has 5 rings (SSSR count). The normalized spacial score (nSPS) is 18.3. The number of anilines is 1. The van der Waals surface area contributed by atoms with Crippen LogP contribution in [0.5, 0.6) is 0 Å². The van der Waals surface area contributed by atoms with Gasteiger partial charge in [0.2, 0.25) is 0 Å². The molecule has 2 amide bonds. The molecule has 1 aromatic heterocycles. The second kappa shape index (κ2) is 6.72. The van der Waals surface area contributed by atoms with Crippen LogP contribution in [0, 0.1) is 0 Å². The van der Waals surface area contributed by atoms with Gasteiger partial charge in [-0.05, 0) is 42.9 Å². The van der Waals surface area contributed by atoms with Crippen LogP contribution < -0.4 is 10.5 Å². The fourth-order valence-corrected chi connectivity index (χ4v) is 4.63. The molecule has 0 radical (unpaired) electrons. The molecular weight excluding hydrogens is 376 g/mol. The first-order valence-corrected chi connectivity index (χ1v) is 9.94. The van der Waals surface area contributed by atoms with Gasteiger partial charge in [0.15, 0.2) is 0 Å². The molecule has 0 bridgehead atoms. The van der Waals surface area contributed by atoms with E-state index in [1.54, 1.807) is 0 Å². The van der Waals surface area contributed by atoms with Gasteiger partial charge in [-0.3, -0.25) is 9.59 Å². The van der Waals surface area contributed by atoms with Crippen molar-refractivity contribution in [2.24, 2.45) is 0 Å². The van der Waals surface area contributed by atoms with Crippen molar-refractivity contribution in [3.05, 3.63) is 39.2 Å². The number of hydrogen-bond acceptors (Lipinski definition) is 7. The van der Waals surface area contributed by atoms with Crippen LogP contribution in [-0.4, -0.2) is 35.9 Å². The Labute approximate surface area is 166 Å². The molecule has 150 valence electrons. The summed E-state index contributed by atoms with van der Waals surface area (Å²) in [6.45, 7) is 2.00. The van der Waals surface area contributed by atoms with Gasteiger partial charge >= 0.3 is 11.6 Å². The highest BCUT2D eigenvalue weighted by atomic mass is 16.7. The Morgan fingerprint density at radius 1 is 1.00 bits per heavy atom. The molecule has 0 atom stereocenters. The maximum Gasteiger partial charge on any atom is 0.337 e. The SMILES string of the molecule is O=C(Cc1cc(=O)oc2c3c4c(cc12)CCCN4CCC3)ON1C(=O)CCC1=O. The van der Waals surface area contributed by atoms with Crippen LogP contribution in [0.15, 0.2) is 21.3 Å². The zero-order valence-electron chi connectivity index (χ0n) is 15.9. The number of carbonyl (C=O) groups is 3. The van der Waals surface area contributed by atoms with Gasteiger partial charge in [-0.25, -0.2) is 9.59 Å². The highest BCUT2D eigenvalue weighted by Crippen LogP contribution is 2.40. The third-order valence-electron chi connectivity index (χ3n) is 5.85. The number of benzene rings is 1. The Kier molecular flexibility index (Phi) is 4.15. The lowest BCUT2D eigenvalue weighted by Gasteiger charge is -2.37. The van der Waals surface area contributed by atoms with Crippen LogP contribution >= 0.6 is 0 Å². The van der Waals surface area contributed by atoms with E-state index in [1.165, 1.54) is 17.3 Å². The molecule has 4 heterocycles. The molecule has 1 aromatic carbocycles. The zero-order chi connectivity index (χ0) is 20.1. The number of hydroxylamine groups is 2. The lowest BCUT2D eigenvalue weighted by atomic mass is 9.89. The van der Waals surface area contributed by atoms with E-state index < -0.39 is 23.4 Å². The summed E-state index contributed by atoms with van der Waals surface area (Å²) in [5.74, 6) is -1.81. The number of rotatable bonds is 3. The quantitative estimate of drug-likeness (QED) is 0.575. The number of carbonyl (C=O) groups excluding carboxylic acids is 3. The fourth-order valence-electron chi connectivity index (χ4n) is 4.63. The van der Waals surface area contributed by atoms with Crippen LogP contribution in [0.25, 0.3) is 11.0 Å². The Balaban J connectivity index is 1.54. The van der Waals surface area contributed by atoms with Gasteiger partial charge in [-0.2, -0.15) is 0 Å². The minimum absolute atomic E-state index is 0.0377. The molecule has 2 aromatic rings. The monoisotopic (exact) mass is 396 g/mol. The molecule has 1 saturated heterocycles. The molecule has 1 fully saturated rings. The van der Waals surface area contributed by atoms with Crippen LogP contribution in [0.4, 0.5) is 5.69 Å². The molecule has 3 aliphatic rings. The van der Waals surface area contributed by atoms with Crippen molar-refractivity contribution in [3.8, 4) is 0 Å². The molecular formula is C21H20N2O6. The lowest BCUT2D eigenvalue weighted by molar-refractivity contribution is -0.197. The van der Waals surface area contributed by atoms with Crippen molar-refractivity contribution >= 4 is 34.4 Å². The van der Waals surface area contributed by atoms with Gasteiger partial charge in [-0.15, -0.1) is 5.06 Å².